The molecule has 4 heteroatoms. The van der Waals surface area contributed by atoms with Crippen LogP contribution in [0.2, 0.25) is 0 Å². The Labute approximate surface area is 111 Å². The van der Waals surface area contributed by atoms with E-state index in [0.717, 1.165) is 19.0 Å². The standard InChI is InChI=1S/C14H29N3O/c1-12-5-8-17(9-6-12)10-7-15-13(18)11-16-14(2,3)4/h12,16H,5-11H2,1-4H3,(H,15,18). The molecule has 1 rings (SSSR count). The number of rotatable bonds is 5. The molecule has 0 saturated carbocycles. The van der Waals surface area contributed by atoms with Crippen molar-refractivity contribution in [2.75, 3.05) is 32.7 Å². The average Bonchev–Trinajstić information content (AvgIpc) is 2.28. The van der Waals surface area contributed by atoms with E-state index in [1.807, 2.05) is 0 Å². The van der Waals surface area contributed by atoms with Gasteiger partial charge in [0.1, 0.15) is 0 Å². The molecule has 1 aliphatic heterocycles. The smallest absolute Gasteiger partial charge is 0.234 e. The molecule has 18 heavy (non-hydrogen) atoms. The highest BCUT2D eigenvalue weighted by Gasteiger charge is 2.15. The fourth-order valence-electron chi connectivity index (χ4n) is 2.05. The van der Waals surface area contributed by atoms with Crippen LogP contribution in [-0.2, 0) is 4.79 Å². The number of likely N-dealkylation sites (tertiary alicyclic amines) is 1. The Bertz CT molecular complexity index is 252. The summed E-state index contributed by atoms with van der Waals surface area (Å²) in [7, 11) is 0. The quantitative estimate of drug-likeness (QED) is 0.776. The highest BCUT2D eigenvalue weighted by Crippen LogP contribution is 2.14. The molecule has 106 valence electrons. The Hall–Kier alpha value is -0.610. The van der Waals surface area contributed by atoms with Crippen molar-refractivity contribution in [3.05, 3.63) is 0 Å². The lowest BCUT2D eigenvalue weighted by Crippen LogP contribution is -2.45. The Morgan fingerprint density at radius 1 is 1.28 bits per heavy atom. The number of nitrogens with zero attached hydrogens (tertiary/aromatic N) is 1. The molecule has 0 aromatic heterocycles. The average molecular weight is 255 g/mol. The second kappa shape index (κ2) is 7.10. The predicted octanol–water partition coefficient (Wildman–Crippen LogP) is 1.22. The number of carbonyl (C=O) groups excluding carboxylic acids is 1. The predicted molar refractivity (Wildman–Crippen MR) is 75.6 cm³/mol. The number of carbonyl (C=O) groups is 1. The van der Waals surface area contributed by atoms with E-state index in [2.05, 4.69) is 43.2 Å². The van der Waals surface area contributed by atoms with Crippen LogP contribution in [0.4, 0.5) is 0 Å². The number of hydrogen-bond donors (Lipinski definition) is 2. The highest BCUT2D eigenvalue weighted by atomic mass is 16.1. The molecule has 0 radical (unpaired) electrons. The minimum Gasteiger partial charge on any atom is -0.354 e. The van der Waals surface area contributed by atoms with Crippen LogP contribution in [0.25, 0.3) is 0 Å². The maximum absolute atomic E-state index is 11.6. The SMILES string of the molecule is CC1CCN(CCNC(=O)CNC(C)(C)C)CC1. The normalized spacial score (nSPS) is 18.9. The minimum absolute atomic E-state index is 0.000345. The van der Waals surface area contributed by atoms with E-state index in [-0.39, 0.29) is 11.4 Å². The summed E-state index contributed by atoms with van der Waals surface area (Å²) in [6.45, 7) is 13.0. The Kier molecular flexibility index (Phi) is 6.09. The van der Waals surface area contributed by atoms with Crippen molar-refractivity contribution in [1.82, 2.24) is 15.5 Å². The lowest BCUT2D eigenvalue weighted by atomic mass is 9.99. The molecule has 1 heterocycles. The highest BCUT2D eigenvalue weighted by molar-refractivity contribution is 5.78. The molecule has 0 bridgehead atoms. The van der Waals surface area contributed by atoms with Gasteiger partial charge in [0.25, 0.3) is 0 Å². The van der Waals surface area contributed by atoms with Crippen molar-refractivity contribution in [2.24, 2.45) is 5.92 Å². The molecular weight excluding hydrogens is 226 g/mol. The van der Waals surface area contributed by atoms with Crippen LogP contribution in [0, 0.1) is 5.92 Å². The first kappa shape index (κ1) is 15.4. The van der Waals surface area contributed by atoms with Gasteiger partial charge in [0.15, 0.2) is 0 Å². The molecule has 0 aliphatic carbocycles. The summed E-state index contributed by atoms with van der Waals surface area (Å²) in [5.74, 6) is 0.960. The minimum atomic E-state index is 0.000345. The summed E-state index contributed by atoms with van der Waals surface area (Å²) in [4.78, 5) is 14.0. The Balaban J connectivity index is 2.05. The van der Waals surface area contributed by atoms with Crippen molar-refractivity contribution < 1.29 is 4.79 Å². The zero-order valence-electron chi connectivity index (χ0n) is 12.4. The molecular formula is C14H29N3O. The van der Waals surface area contributed by atoms with Crippen LogP contribution >= 0.6 is 0 Å². The molecule has 0 spiro atoms. The Morgan fingerprint density at radius 3 is 2.44 bits per heavy atom. The van der Waals surface area contributed by atoms with Gasteiger partial charge in [0.05, 0.1) is 6.54 Å². The number of piperidine rings is 1. The molecule has 0 unspecified atom stereocenters. The van der Waals surface area contributed by atoms with E-state index in [1.54, 1.807) is 0 Å². The van der Waals surface area contributed by atoms with Gasteiger partial charge in [-0.15, -0.1) is 0 Å². The molecule has 0 atom stereocenters. The summed E-state index contributed by atoms with van der Waals surface area (Å²) in [6, 6.07) is 0. The summed E-state index contributed by atoms with van der Waals surface area (Å²) >= 11 is 0. The third kappa shape index (κ3) is 6.97. The second-order valence-electron chi connectivity index (χ2n) is 6.48. The van der Waals surface area contributed by atoms with Crippen LogP contribution < -0.4 is 10.6 Å². The third-order valence-corrected chi connectivity index (χ3v) is 3.41. The van der Waals surface area contributed by atoms with E-state index in [0.29, 0.717) is 6.54 Å². The molecule has 0 aromatic carbocycles. The third-order valence-electron chi connectivity index (χ3n) is 3.41. The zero-order chi connectivity index (χ0) is 13.6. The van der Waals surface area contributed by atoms with Gasteiger partial charge in [-0.3, -0.25) is 4.79 Å². The summed E-state index contributed by atoms with van der Waals surface area (Å²) in [5, 5.41) is 6.16. The lowest BCUT2D eigenvalue weighted by molar-refractivity contribution is -0.120. The molecule has 4 nitrogen and oxygen atoms in total. The van der Waals surface area contributed by atoms with Gasteiger partial charge in [0.2, 0.25) is 5.91 Å². The maximum atomic E-state index is 11.6. The van der Waals surface area contributed by atoms with Crippen LogP contribution in [0.3, 0.4) is 0 Å². The van der Waals surface area contributed by atoms with Gasteiger partial charge in [-0.05, 0) is 52.6 Å². The van der Waals surface area contributed by atoms with Crippen LogP contribution in [-0.4, -0.2) is 49.1 Å². The van der Waals surface area contributed by atoms with Crippen molar-refractivity contribution in [3.63, 3.8) is 0 Å². The van der Waals surface area contributed by atoms with Crippen LogP contribution in [0.15, 0.2) is 0 Å². The summed E-state index contributed by atoms with van der Waals surface area (Å²) < 4.78 is 0. The van der Waals surface area contributed by atoms with E-state index in [1.165, 1.54) is 25.9 Å². The lowest BCUT2D eigenvalue weighted by Gasteiger charge is -2.30. The molecule has 1 saturated heterocycles. The summed E-state index contributed by atoms with van der Waals surface area (Å²) in [5.41, 5.74) is 0.000345. The topological polar surface area (TPSA) is 44.4 Å². The first-order chi connectivity index (χ1) is 8.37. The van der Waals surface area contributed by atoms with Gasteiger partial charge in [0, 0.05) is 18.6 Å². The maximum Gasteiger partial charge on any atom is 0.234 e. The molecule has 2 N–H and O–H groups in total. The largest absolute Gasteiger partial charge is 0.354 e. The van der Waals surface area contributed by atoms with Gasteiger partial charge in [-0.25, -0.2) is 0 Å². The first-order valence-corrected chi connectivity index (χ1v) is 7.11. The van der Waals surface area contributed by atoms with Gasteiger partial charge < -0.3 is 15.5 Å². The van der Waals surface area contributed by atoms with E-state index < -0.39 is 0 Å². The van der Waals surface area contributed by atoms with Gasteiger partial charge in [-0.2, -0.15) is 0 Å². The first-order valence-electron chi connectivity index (χ1n) is 7.11. The molecule has 1 amide bonds. The fourth-order valence-corrected chi connectivity index (χ4v) is 2.05. The number of hydrogen-bond acceptors (Lipinski definition) is 3. The molecule has 1 aliphatic rings. The van der Waals surface area contributed by atoms with Gasteiger partial charge >= 0.3 is 0 Å². The second-order valence-corrected chi connectivity index (χ2v) is 6.48. The van der Waals surface area contributed by atoms with Crippen molar-refractivity contribution >= 4 is 5.91 Å². The van der Waals surface area contributed by atoms with E-state index in [9.17, 15) is 4.79 Å². The van der Waals surface area contributed by atoms with Crippen LogP contribution in [0.5, 0.6) is 0 Å². The van der Waals surface area contributed by atoms with E-state index in [4.69, 9.17) is 0 Å². The van der Waals surface area contributed by atoms with Crippen molar-refractivity contribution in [3.8, 4) is 0 Å². The fraction of sp³-hybridized carbons (Fsp3) is 0.929. The van der Waals surface area contributed by atoms with Gasteiger partial charge in [-0.1, -0.05) is 6.92 Å². The summed E-state index contributed by atoms with van der Waals surface area (Å²) in [6.07, 6.45) is 2.58. The number of amides is 1. The monoisotopic (exact) mass is 255 g/mol. The van der Waals surface area contributed by atoms with E-state index >= 15 is 0 Å². The van der Waals surface area contributed by atoms with Crippen molar-refractivity contribution in [1.29, 1.82) is 0 Å². The molecule has 1 fully saturated rings. The van der Waals surface area contributed by atoms with Crippen LogP contribution in [0.1, 0.15) is 40.5 Å². The van der Waals surface area contributed by atoms with Crippen molar-refractivity contribution in [2.45, 2.75) is 46.1 Å². The Morgan fingerprint density at radius 2 is 1.89 bits per heavy atom. The number of nitrogens with one attached hydrogen (secondary N) is 2. The molecule has 0 aromatic rings. The zero-order valence-corrected chi connectivity index (χ0v) is 12.4.